The Hall–Kier alpha value is -1.63. The van der Waals surface area contributed by atoms with Crippen LogP contribution in [-0.2, 0) is 14.1 Å². The van der Waals surface area contributed by atoms with Gasteiger partial charge in [-0.2, -0.15) is 0 Å². The van der Waals surface area contributed by atoms with Crippen LogP contribution in [0, 0.1) is 0 Å². The Morgan fingerprint density at radius 1 is 1.38 bits per heavy atom. The Kier molecular flexibility index (Phi) is 3.83. The van der Waals surface area contributed by atoms with Crippen LogP contribution in [-0.4, -0.2) is 39.2 Å². The van der Waals surface area contributed by atoms with E-state index in [1.54, 1.807) is 4.90 Å². The Balaban J connectivity index is 3.34. The predicted molar refractivity (Wildman–Crippen MR) is 59.7 cm³/mol. The number of nitrogens with zero attached hydrogens (tertiary/aromatic N) is 4. The maximum Gasteiger partial charge on any atom is 0.346 e. The van der Waals surface area contributed by atoms with Crippen molar-refractivity contribution in [3.05, 3.63) is 20.8 Å². The van der Waals surface area contributed by atoms with Crippen LogP contribution < -0.4 is 16.1 Å². The third kappa shape index (κ3) is 2.13. The zero-order chi connectivity index (χ0) is 12.3. The van der Waals surface area contributed by atoms with Gasteiger partial charge in [-0.3, -0.25) is 9.36 Å². The summed E-state index contributed by atoms with van der Waals surface area (Å²) in [5.41, 5.74) is -0.910. The Morgan fingerprint density at radius 2 is 2.00 bits per heavy atom. The van der Waals surface area contributed by atoms with E-state index >= 15 is 0 Å². The van der Waals surface area contributed by atoms with Crippen LogP contribution in [0.3, 0.4) is 0 Å². The predicted octanol–water partition coefficient (Wildman–Crippen LogP) is -1.70. The summed E-state index contributed by atoms with van der Waals surface area (Å²) in [5.74, 6) is 0.182. The van der Waals surface area contributed by atoms with Crippen LogP contribution in [0.15, 0.2) is 9.59 Å². The lowest BCUT2D eigenvalue weighted by atomic mass is 10.5. The minimum absolute atomic E-state index is 0.0679. The normalized spacial score (nSPS) is 10.5. The van der Waals surface area contributed by atoms with E-state index in [4.69, 9.17) is 5.11 Å². The third-order valence-electron chi connectivity index (χ3n) is 2.36. The fourth-order valence-corrected chi connectivity index (χ4v) is 1.41. The molecule has 0 spiro atoms. The second kappa shape index (κ2) is 4.93. The summed E-state index contributed by atoms with van der Waals surface area (Å²) in [5, 5.41) is 12.8. The van der Waals surface area contributed by atoms with Gasteiger partial charge in [-0.1, -0.05) is 0 Å². The lowest BCUT2D eigenvalue weighted by molar-refractivity contribution is 0.301. The highest BCUT2D eigenvalue weighted by Crippen LogP contribution is 1.99. The molecule has 7 heteroatoms. The quantitative estimate of drug-likeness (QED) is 0.664. The minimum atomic E-state index is -0.464. The fraction of sp³-hybridized carbons (Fsp3) is 0.667. The second-order valence-corrected chi connectivity index (χ2v) is 3.40. The van der Waals surface area contributed by atoms with Crippen molar-refractivity contribution in [2.45, 2.75) is 6.92 Å². The molecule has 0 atom stereocenters. The molecule has 1 heterocycles. The van der Waals surface area contributed by atoms with Crippen LogP contribution in [0.2, 0.25) is 0 Å². The van der Waals surface area contributed by atoms with Crippen LogP contribution in [0.4, 0.5) is 5.82 Å². The lowest BCUT2D eigenvalue weighted by Gasteiger charge is -2.20. The summed E-state index contributed by atoms with van der Waals surface area (Å²) in [6.07, 6.45) is 0. The number of anilines is 1. The third-order valence-corrected chi connectivity index (χ3v) is 2.36. The Labute approximate surface area is 92.5 Å². The number of aliphatic hydroxyl groups is 1. The molecule has 0 unspecified atom stereocenters. The molecule has 0 radical (unpaired) electrons. The van der Waals surface area contributed by atoms with Crippen molar-refractivity contribution in [1.82, 2.24) is 14.3 Å². The van der Waals surface area contributed by atoms with Crippen molar-refractivity contribution in [1.29, 1.82) is 0 Å². The smallest absolute Gasteiger partial charge is 0.346 e. The van der Waals surface area contributed by atoms with E-state index in [1.807, 2.05) is 6.92 Å². The molecule has 1 rings (SSSR count). The van der Waals surface area contributed by atoms with Gasteiger partial charge in [0.2, 0.25) is 5.82 Å². The van der Waals surface area contributed by atoms with E-state index in [-0.39, 0.29) is 12.4 Å². The number of rotatable bonds is 4. The maximum absolute atomic E-state index is 11.8. The maximum atomic E-state index is 11.8. The Morgan fingerprint density at radius 3 is 2.50 bits per heavy atom. The first-order valence-electron chi connectivity index (χ1n) is 5.03. The van der Waals surface area contributed by atoms with Gasteiger partial charge in [-0.25, -0.2) is 9.48 Å². The number of likely N-dealkylation sites (N-methyl/N-ethyl adjacent to an activating group) is 1. The van der Waals surface area contributed by atoms with Crippen LogP contribution in [0.5, 0.6) is 0 Å². The molecule has 0 amide bonds. The van der Waals surface area contributed by atoms with E-state index in [0.717, 1.165) is 9.25 Å². The molecule has 0 aromatic carbocycles. The number of aromatic nitrogens is 3. The standard InChI is InChI=1S/C9H16N4O3/c1-4-13(5-6-14)7-8(15)11(2)9(16)12(3)10-7/h14H,4-6H2,1-3H3. The summed E-state index contributed by atoms with van der Waals surface area (Å²) in [4.78, 5) is 24.8. The number of aryl methyl sites for hydroxylation is 1. The van der Waals surface area contributed by atoms with Gasteiger partial charge in [0.1, 0.15) is 0 Å². The molecule has 0 bridgehead atoms. The van der Waals surface area contributed by atoms with Crippen molar-refractivity contribution >= 4 is 5.82 Å². The molecule has 90 valence electrons. The van der Waals surface area contributed by atoms with Crippen LogP contribution in [0.25, 0.3) is 0 Å². The largest absolute Gasteiger partial charge is 0.395 e. The number of hydrogen-bond donors (Lipinski definition) is 1. The van der Waals surface area contributed by atoms with Crippen LogP contribution >= 0.6 is 0 Å². The monoisotopic (exact) mass is 228 g/mol. The van der Waals surface area contributed by atoms with E-state index in [0.29, 0.717) is 13.1 Å². The molecule has 0 fully saturated rings. The average Bonchev–Trinajstić information content (AvgIpc) is 2.28. The number of hydrogen-bond acceptors (Lipinski definition) is 5. The average molecular weight is 228 g/mol. The van der Waals surface area contributed by atoms with E-state index in [1.165, 1.54) is 14.1 Å². The summed E-state index contributed by atoms with van der Waals surface area (Å²) in [6, 6.07) is 0. The fourth-order valence-electron chi connectivity index (χ4n) is 1.41. The van der Waals surface area contributed by atoms with Gasteiger partial charge in [0.25, 0.3) is 5.56 Å². The summed E-state index contributed by atoms with van der Waals surface area (Å²) >= 11 is 0. The number of aliphatic hydroxyl groups excluding tert-OH is 1. The van der Waals surface area contributed by atoms with Gasteiger partial charge in [0.05, 0.1) is 6.61 Å². The van der Waals surface area contributed by atoms with Crippen molar-refractivity contribution in [2.75, 3.05) is 24.6 Å². The highest BCUT2D eigenvalue weighted by molar-refractivity contribution is 5.34. The first kappa shape index (κ1) is 12.4. The van der Waals surface area contributed by atoms with Crippen molar-refractivity contribution in [3.63, 3.8) is 0 Å². The zero-order valence-corrected chi connectivity index (χ0v) is 9.67. The van der Waals surface area contributed by atoms with Gasteiger partial charge < -0.3 is 10.0 Å². The SMILES string of the molecule is CCN(CCO)c1nn(C)c(=O)n(C)c1=O. The molecule has 0 aliphatic carbocycles. The molecular weight excluding hydrogens is 212 g/mol. The first-order chi connectivity index (χ1) is 7.52. The molecule has 1 N–H and O–H groups in total. The van der Waals surface area contributed by atoms with Gasteiger partial charge in [0.15, 0.2) is 0 Å². The van der Waals surface area contributed by atoms with Gasteiger partial charge in [0, 0.05) is 27.2 Å². The summed E-state index contributed by atoms with van der Waals surface area (Å²) in [6.45, 7) is 2.64. The van der Waals surface area contributed by atoms with E-state index in [2.05, 4.69) is 5.10 Å². The highest BCUT2D eigenvalue weighted by Gasteiger charge is 2.14. The molecule has 16 heavy (non-hydrogen) atoms. The molecule has 0 aliphatic rings. The molecule has 0 aliphatic heterocycles. The minimum Gasteiger partial charge on any atom is -0.395 e. The van der Waals surface area contributed by atoms with Crippen molar-refractivity contribution < 1.29 is 5.11 Å². The van der Waals surface area contributed by atoms with Crippen molar-refractivity contribution in [3.8, 4) is 0 Å². The van der Waals surface area contributed by atoms with Gasteiger partial charge in [-0.15, -0.1) is 5.10 Å². The topological polar surface area (TPSA) is 80.4 Å². The highest BCUT2D eigenvalue weighted by atomic mass is 16.3. The summed E-state index contributed by atoms with van der Waals surface area (Å²) in [7, 11) is 2.89. The molecule has 0 saturated heterocycles. The summed E-state index contributed by atoms with van der Waals surface area (Å²) < 4.78 is 2.11. The molecule has 7 nitrogen and oxygen atoms in total. The molecule has 1 aromatic rings. The van der Waals surface area contributed by atoms with E-state index < -0.39 is 11.2 Å². The zero-order valence-electron chi connectivity index (χ0n) is 9.67. The second-order valence-electron chi connectivity index (χ2n) is 3.40. The van der Waals surface area contributed by atoms with Gasteiger partial charge in [-0.05, 0) is 6.92 Å². The van der Waals surface area contributed by atoms with Gasteiger partial charge >= 0.3 is 5.69 Å². The first-order valence-corrected chi connectivity index (χ1v) is 5.03. The molecule has 0 saturated carbocycles. The van der Waals surface area contributed by atoms with Crippen molar-refractivity contribution in [2.24, 2.45) is 14.1 Å². The molecule has 1 aromatic heterocycles. The molecular formula is C9H16N4O3. The lowest BCUT2D eigenvalue weighted by Crippen LogP contribution is -2.43. The van der Waals surface area contributed by atoms with Crippen LogP contribution in [0.1, 0.15) is 6.92 Å². The Bertz CT molecular complexity index is 477. The van der Waals surface area contributed by atoms with E-state index in [9.17, 15) is 9.59 Å².